The average molecular weight is 349 g/mol. The number of hydrogen-bond donors (Lipinski definition) is 1. The molecule has 0 unspecified atom stereocenters. The molecule has 0 aliphatic heterocycles. The number of rotatable bonds is 5. The summed E-state index contributed by atoms with van der Waals surface area (Å²) in [7, 11) is 0. The van der Waals surface area contributed by atoms with Crippen LogP contribution >= 0.6 is 27.5 Å². The summed E-state index contributed by atoms with van der Waals surface area (Å²) in [6.07, 6.45) is 6.35. The van der Waals surface area contributed by atoms with Gasteiger partial charge >= 0.3 is 0 Å². The summed E-state index contributed by atoms with van der Waals surface area (Å²) in [6.45, 7) is 1.71. The molecule has 4 heteroatoms. The second kappa shape index (κ2) is 7.05. The monoisotopic (exact) mass is 347 g/mol. The molecule has 0 aromatic heterocycles. The maximum absolute atomic E-state index is 13.1. The first kappa shape index (κ1) is 15.3. The maximum Gasteiger partial charge on any atom is 0.137 e. The Morgan fingerprint density at radius 1 is 1.26 bits per heavy atom. The van der Waals surface area contributed by atoms with Gasteiger partial charge in [-0.15, -0.1) is 11.6 Å². The molecule has 0 atom stereocenters. The van der Waals surface area contributed by atoms with Crippen molar-refractivity contribution in [3.05, 3.63) is 34.1 Å². The minimum absolute atomic E-state index is 0.215. The highest BCUT2D eigenvalue weighted by molar-refractivity contribution is 9.10. The smallest absolute Gasteiger partial charge is 0.137 e. The third-order valence-electron chi connectivity index (χ3n) is 4.01. The van der Waals surface area contributed by atoms with Crippen LogP contribution in [0, 0.1) is 11.2 Å². The van der Waals surface area contributed by atoms with Gasteiger partial charge in [0.25, 0.3) is 0 Å². The van der Waals surface area contributed by atoms with E-state index in [0.29, 0.717) is 4.47 Å². The summed E-state index contributed by atoms with van der Waals surface area (Å²) in [5.41, 5.74) is 1.35. The van der Waals surface area contributed by atoms with Crippen molar-refractivity contribution in [1.82, 2.24) is 5.32 Å². The lowest BCUT2D eigenvalue weighted by Gasteiger charge is -2.35. The van der Waals surface area contributed by atoms with Crippen molar-refractivity contribution in [2.75, 3.05) is 12.4 Å². The van der Waals surface area contributed by atoms with Crippen LogP contribution < -0.4 is 5.32 Å². The quantitative estimate of drug-likeness (QED) is 0.749. The Morgan fingerprint density at radius 2 is 2.00 bits per heavy atom. The molecule has 1 aromatic carbocycles. The SMILES string of the molecule is Fc1ccc(CNCC2(CCl)CCCCC2)cc1Br. The summed E-state index contributed by atoms with van der Waals surface area (Å²) in [5.74, 6) is 0.515. The van der Waals surface area contributed by atoms with Gasteiger partial charge in [-0.2, -0.15) is 0 Å². The first-order chi connectivity index (χ1) is 9.15. The van der Waals surface area contributed by atoms with E-state index in [1.807, 2.05) is 12.1 Å². The second-order valence-electron chi connectivity index (χ2n) is 5.55. The topological polar surface area (TPSA) is 12.0 Å². The van der Waals surface area contributed by atoms with Crippen LogP contribution in [0.5, 0.6) is 0 Å². The Kier molecular flexibility index (Phi) is 5.67. The highest BCUT2D eigenvalue weighted by Crippen LogP contribution is 2.36. The van der Waals surface area contributed by atoms with Crippen molar-refractivity contribution in [3.63, 3.8) is 0 Å². The summed E-state index contributed by atoms with van der Waals surface area (Å²) >= 11 is 9.38. The van der Waals surface area contributed by atoms with Gasteiger partial charge in [0.1, 0.15) is 5.82 Å². The van der Waals surface area contributed by atoms with Crippen LogP contribution in [-0.4, -0.2) is 12.4 Å². The minimum atomic E-state index is -0.215. The Labute approximate surface area is 128 Å². The van der Waals surface area contributed by atoms with Crippen LogP contribution in [0.3, 0.4) is 0 Å². The molecule has 1 fully saturated rings. The van der Waals surface area contributed by atoms with Crippen molar-refractivity contribution in [2.45, 2.75) is 38.6 Å². The van der Waals surface area contributed by atoms with Crippen molar-refractivity contribution >= 4 is 27.5 Å². The molecule has 0 bridgehead atoms. The van der Waals surface area contributed by atoms with Gasteiger partial charge in [-0.05, 0) is 51.9 Å². The van der Waals surface area contributed by atoms with Crippen molar-refractivity contribution in [1.29, 1.82) is 0 Å². The second-order valence-corrected chi connectivity index (χ2v) is 6.67. The van der Waals surface area contributed by atoms with E-state index in [1.54, 1.807) is 0 Å². The number of hydrogen-bond acceptors (Lipinski definition) is 1. The van der Waals surface area contributed by atoms with Crippen molar-refractivity contribution < 1.29 is 4.39 Å². The zero-order valence-electron chi connectivity index (χ0n) is 11.0. The zero-order valence-corrected chi connectivity index (χ0v) is 13.4. The van der Waals surface area contributed by atoms with Gasteiger partial charge in [0.05, 0.1) is 4.47 Å². The lowest BCUT2D eigenvalue weighted by molar-refractivity contribution is 0.212. The van der Waals surface area contributed by atoms with Gasteiger partial charge in [0, 0.05) is 19.0 Å². The highest BCUT2D eigenvalue weighted by atomic mass is 79.9. The fourth-order valence-corrected chi connectivity index (χ4v) is 3.57. The van der Waals surface area contributed by atoms with Crippen LogP contribution in [0.15, 0.2) is 22.7 Å². The van der Waals surface area contributed by atoms with Gasteiger partial charge < -0.3 is 5.32 Å². The normalized spacial score (nSPS) is 18.5. The molecule has 1 aliphatic carbocycles. The number of alkyl halides is 1. The first-order valence-electron chi connectivity index (χ1n) is 6.86. The molecule has 0 amide bonds. The Hall–Kier alpha value is -0.120. The molecule has 0 saturated heterocycles. The molecule has 0 spiro atoms. The predicted octanol–water partition coefficient (Wildman–Crippen LogP) is 4.87. The summed E-state index contributed by atoms with van der Waals surface area (Å²) < 4.78 is 13.7. The number of halogens is 3. The van der Waals surface area contributed by atoms with E-state index in [1.165, 1.54) is 38.2 Å². The molecule has 0 radical (unpaired) electrons. The molecule has 1 N–H and O–H groups in total. The molecule has 19 heavy (non-hydrogen) atoms. The van der Waals surface area contributed by atoms with E-state index in [2.05, 4.69) is 21.2 Å². The van der Waals surface area contributed by atoms with E-state index >= 15 is 0 Å². The van der Waals surface area contributed by atoms with Crippen LogP contribution in [-0.2, 0) is 6.54 Å². The number of nitrogens with one attached hydrogen (secondary N) is 1. The lowest BCUT2D eigenvalue weighted by atomic mass is 9.75. The summed E-state index contributed by atoms with van der Waals surface area (Å²) in [4.78, 5) is 0. The molecular weight excluding hydrogens is 329 g/mol. The van der Waals surface area contributed by atoms with Crippen molar-refractivity contribution in [3.8, 4) is 0 Å². The largest absolute Gasteiger partial charge is 0.312 e. The van der Waals surface area contributed by atoms with Crippen LogP contribution in [0.2, 0.25) is 0 Å². The molecule has 1 aliphatic rings. The molecular formula is C15H20BrClFN. The molecule has 1 nitrogen and oxygen atoms in total. The standard InChI is InChI=1S/C15H20BrClFN/c16-13-8-12(4-5-14(13)18)9-19-11-15(10-17)6-2-1-3-7-15/h4-5,8,19H,1-3,6-7,9-11H2. The maximum atomic E-state index is 13.1. The summed E-state index contributed by atoms with van der Waals surface area (Å²) in [6, 6.07) is 5.15. The number of benzene rings is 1. The first-order valence-corrected chi connectivity index (χ1v) is 8.19. The minimum Gasteiger partial charge on any atom is -0.312 e. The molecule has 106 valence electrons. The van der Waals surface area contributed by atoms with Gasteiger partial charge in [0.15, 0.2) is 0 Å². The van der Waals surface area contributed by atoms with E-state index < -0.39 is 0 Å². The summed E-state index contributed by atoms with van der Waals surface area (Å²) in [5, 5.41) is 3.48. The average Bonchev–Trinajstić information content (AvgIpc) is 2.44. The molecule has 0 heterocycles. The fraction of sp³-hybridized carbons (Fsp3) is 0.600. The van der Waals surface area contributed by atoms with E-state index in [-0.39, 0.29) is 11.2 Å². The molecule has 1 saturated carbocycles. The van der Waals surface area contributed by atoms with Crippen LogP contribution in [0.25, 0.3) is 0 Å². The van der Waals surface area contributed by atoms with Gasteiger partial charge in [-0.1, -0.05) is 25.3 Å². The van der Waals surface area contributed by atoms with Gasteiger partial charge in [-0.3, -0.25) is 0 Å². The van der Waals surface area contributed by atoms with E-state index in [4.69, 9.17) is 11.6 Å². The third kappa shape index (κ3) is 4.17. The Bertz CT molecular complexity index is 419. The Morgan fingerprint density at radius 3 is 2.63 bits per heavy atom. The highest BCUT2D eigenvalue weighted by Gasteiger charge is 2.30. The fourth-order valence-electron chi connectivity index (χ4n) is 2.78. The van der Waals surface area contributed by atoms with E-state index in [9.17, 15) is 4.39 Å². The van der Waals surface area contributed by atoms with Crippen molar-refractivity contribution in [2.24, 2.45) is 5.41 Å². The van der Waals surface area contributed by atoms with Gasteiger partial charge in [0.2, 0.25) is 0 Å². The molecule has 1 aromatic rings. The Balaban J connectivity index is 1.86. The zero-order chi connectivity index (χ0) is 13.7. The van der Waals surface area contributed by atoms with Gasteiger partial charge in [-0.25, -0.2) is 4.39 Å². The van der Waals surface area contributed by atoms with Crippen LogP contribution in [0.4, 0.5) is 4.39 Å². The van der Waals surface area contributed by atoms with E-state index in [0.717, 1.165) is 24.5 Å². The molecule has 2 rings (SSSR count). The van der Waals surface area contributed by atoms with Crippen LogP contribution in [0.1, 0.15) is 37.7 Å². The predicted molar refractivity (Wildman–Crippen MR) is 82.0 cm³/mol. The third-order valence-corrected chi connectivity index (χ3v) is 5.19. The lowest BCUT2D eigenvalue weighted by Crippen LogP contribution is -2.37.